The molecule has 3 heterocycles. The minimum atomic E-state index is -4.39. The van der Waals surface area contributed by atoms with Gasteiger partial charge in [-0.25, -0.2) is 0 Å². The molecule has 144 valence electrons. The maximum absolute atomic E-state index is 12.9. The van der Waals surface area contributed by atoms with Crippen molar-refractivity contribution in [2.45, 2.75) is 56.4 Å². The fourth-order valence-corrected chi connectivity index (χ4v) is 4.71. The number of nitrogens with zero attached hydrogens (tertiary/aromatic N) is 3. The van der Waals surface area contributed by atoms with Gasteiger partial charge < -0.3 is 4.90 Å². The van der Waals surface area contributed by atoms with E-state index in [9.17, 15) is 18.0 Å². The Morgan fingerprint density at radius 3 is 2.48 bits per heavy atom. The van der Waals surface area contributed by atoms with Crippen LogP contribution < -0.4 is 0 Å². The van der Waals surface area contributed by atoms with Crippen LogP contribution >= 0.6 is 15.9 Å². The molecule has 2 fully saturated rings. The molecule has 0 aliphatic carbocycles. The number of hydrogen-bond donors (Lipinski definition) is 0. The highest BCUT2D eigenvalue weighted by Gasteiger charge is 2.43. The van der Waals surface area contributed by atoms with Gasteiger partial charge in [0.15, 0.2) is 0 Å². The third-order valence-electron chi connectivity index (χ3n) is 5.55. The summed E-state index contributed by atoms with van der Waals surface area (Å²) in [5.41, 5.74) is -0.300. The van der Waals surface area contributed by atoms with E-state index in [1.54, 1.807) is 12.3 Å². The zero-order valence-corrected chi connectivity index (χ0v) is 16.1. The summed E-state index contributed by atoms with van der Waals surface area (Å²) in [6, 6.07) is 5.58. The zero-order chi connectivity index (χ0) is 19.2. The van der Waals surface area contributed by atoms with E-state index in [2.05, 4.69) is 21.0 Å². The molecule has 1 amide bonds. The van der Waals surface area contributed by atoms with Crippen molar-refractivity contribution in [3.63, 3.8) is 0 Å². The molecular formula is C19H19BrF3N3O. The summed E-state index contributed by atoms with van der Waals surface area (Å²) in [5, 5.41) is 4.37. The molecule has 2 unspecified atom stereocenters. The Balaban J connectivity index is 1.46. The molecule has 0 spiro atoms. The lowest BCUT2D eigenvalue weighted by Gasteiger charge is -2.39. The quantitative estimate of drug-likeness (QED) is 0.697. The Morgan fingerprint density at radius 2 is 1.89 bits per heavy atom. The molecule has 1 aromatic heterocycles. The molecule has 2 aliphatic rings. The second-order valence-corrected chi connectivity index (χ2v) is 8.24. The van der Waals surface area contributed by atoms with Crippen LogP contribution in [0.2, 0.25) is 0 Å². The molecule has 2 saturated heterocycles. The minimum Gasteiger partial charge on any atom is -0.336 e. The Hall–Kier alpha value is -1.83. The van der Waals surface area contributed by atoms with Crippen molar-refractivity contribution in [2.24, 2.45) is 0 Å². The number of carbonyl (C=O) groups excluding carboxylic acids is 1. The van der Waals surface area contributed by atoms with Gasteiger partial charge in [0.05, 0.1) is 28.7 Å². The van der Waals surface area contributed by atoms with Gasteiger partial charge in [0.2, 0.25) is 5.91 Å². The molecule has 0 radical (unpaired) electrons. The number of piperidine rings is 1. The summed E-state index contributed by atoms with van der Waals surface area (Å²) in [5.74, 6) is -0.0816. The van der Waals surface area contributed by atoms with Crippen LogP contribution in [-0.4, -0.2) is 32.7 Å². The number of aromatic nitrogens is 2. The van der Waals surface area contributed by atoms with Gasteiger partial charge in [-0.2, -0.15) is 18.3 Å². The SMILES string of the molecule is O=C(Cc1cccc(C(F)(F)F)c1)N1C2CCC1CC(n1cc(Br)cn1)C2. The summed E-state index contributed by atoms with van der Waals surface area (Å²) in [7, 11) is 0. The average Bonchev–Trinajstić information content (AvgIpc) is 3.15. The first kappa shape index (κ1) is 18.5. The van der Waals surface area contributed by atoms with Crippen LogP contribution in [0.15, 0.2) is 41.1 Å². The molecule has 8 heteroatoms. The van der Waals surface area contributed by atoms with Crippen LogP contribution in [0.5, 0.6) is 0 Å². The van der Waals surface area contributed by atoms with Gasteiger partial charge >= 0.3 is 6.18 Å². The topological polar surface area (TPSA) is 38.1 Å². The first-order valence-electron chi connectivity index (χ1n) is 8.98. The number of alkyl halides is 3. The number of hydrogen-bond acceptors (Lipinski definition) is 2. The molecule has 2 bridgehead atoms. The summed E-state index contributed by atoms with van der Waals surface area (Å²) >= 11 is 3.41. The lowest BCUT2D eigenvalue weighted by molar-refractivity contribution is -0.138. The molecule has 4 nitrogen and oxygen atoms in total. The van der Waals surface area contributed by atoms with Gasteiger partial charge in [-0.05, 0) is 53.2 Å². The van der Waals surface area contributed by atoms with Crippen LogP contribution in [0, 0.1) is 0 Å². The van der Waals surface area contributed by atoms with Crippen LogP contribution in [-0.2, 0) is 17.4 Å². The summed E-state index contributed by atoms with van der Waals surface area (Å²) in [6.07, 6.45) is 2.87. The fourth-order valence-electron chi connectivity index (χ4n) is 4.41. The van der Waals surface area contributed by atoms with E-state index in [1.165, 1.54) is 6.07 Å². The standard InChI is InChI=1S/C19H19BrF3N3O/c20-14-10-24-25(11-14)17-8-15-4-5-16(9-17)26(15)18(27)7-12-2-1-3-13(6-12)19(21,22)23/h1-3,6,10-11,15-17H,4-5,7-9H2. The summed E-state index contributed by atoms with van der Waals surface area (Å²) in [6.45, 7) is 0. The first-order valence-corrected chi connectivity index (χ1v) is 9.77. The minimum absolute atomic E-state index is 0.00883. The van der Waals surface area contributed by atoms with Crippen molar-refractivity contribution >= 4 is 21.8 Å². The zero-order valence-electron chi connectivity index (χ0n) is 14.5. The molecule has 2 atom stereocenters. The van der Waals surface area contributed by atoms with Crippen molar-refractivity contribution in [2.75, 3.05) is 0 Å². The Kier molecular flexibility index (Phi) is 4.78. The maximum Gasteiger partial charge on any atom is 0.416 e. The number of benzene rings is 1. The van der Waals surface area contributed by atoms with Gasteiger partial charge in [-0.3, -0.25) is 9.48 Å². The van der Waals surface area contributed by atoms with E-state index in [-0.39, 0.29) is 30.5 Å². The van der Waals surface area contributed by atoms with Crippen LogP contribution in [0.3, 0.4) is 0 Å². The molecule has 4 rings (SSSR count). The van der Waals surface area contributed by atoms with E-state index in [1.807, 2.05) is 15.8 Å². The second kappa shape index (κ2) is 6.96. The normalized spacial score (nSPS) is 25.0. The molecule has 2 aliphatic heterocycles. The van der Waals surface area contributed by atoms with Gasteiger partial charge in [0.1, 0.15) is 0 Å². The largest absolute Gasteiger partial charge is 0.416 e. The van der Waals surface area contributed by atoms with Gasteiger partial charge in [0, 0.05) is 18.3 Å². The lowest BCUT2D eigenvalue weighted by Crippen LogP contribution is -2.47. The van der Waals surface area contributed by atoms with Crippen molar-refractivity contribution in [1.29, 1.82) is 0 Å². The van der Waals surface area contributed by atoms with Crippen LogP contribution in [0.4, 0.5) is 13.2 Å². The molecule has 0 saturated carbocycles. The summed E-state index contributed by atoms with van der Waals surface area (Å²) < 4.78 is 41.6. The van der Waals surface area contributed by atoms with Crippen molar-refractivity contribution < 1.29 is 18.0 Å². The highest BCUT2D eigenvalue weighted by Crippen LogP contribution is 2.41. The van der Waals surface area contributed by atoms with Crippen molar-refractivity contribution in [3.05, 3.63) is 52.3 Å². The monoisotopic (exact) mass is 441 g/mol. The molecule has 1 aromatic carbocycles. The van der Waals surface area contributed by atoms with Crippen LogP contribution in [0.25, 0.3) is 0 Å². The Bertz CT molecular complexity index is 837. The average molecular weight is 442 g/mol. The Labute approximate surface area is 163 Å². The number of fused-ring (bicyclic) bond motifs is 2. The third kappa shape index (κ3) is 3.77. The van der Waals surface area contributed by atoms with Crippen molar-refractivity contribution in [3.8, 4) is 0 Å². The predicted molar refractivity (Wildman–Crippen MR) is 97.0 cm³/mol. The number of halogens is 4. The van der Waals surface area contributed by atoms with Gasteiger partial charge in [-0.15, -0.1) is 0 Å². The lowest BCUT2D eigenvalue weighted by atomic mass is 9.96. The van der Waals surface area contributed by atoms with E-state index < -0.39 is 11.7 Å². The Morgan fingerprint density at radius 1 is 1.19 bits per heavy atom. The predicted octanol–water partition coefficient (Wildman–Crippen LogP) is 4.60. The van der Waals surface area contributed by atoms with Crippen molar-refractivity contribution in [1.82, 2.24) is 14.7 Å². The number of rotatable bonds is 3. The van der Waals surface area contributed by atoms with E-state index in [0.717, 1.165) is 42.3 Å². The van der Waals surface area contributed by atoms with Crippen LogP contribution in [0.1, 0.15) is 42.9 Å². The molecule has 2 aromatic rings. The summed E-state index contributed by atoms with van der Waals surface area (Å²) in [4.78, 5) is 14.8. The maximum atomic E-state index is 12.9. The highest BCUT2D eigenvalue weighted by molar-refractivity contribution is 9.10. The molecule has 27 heavy (non-hydrogen) atoms. The third-order valence-corrected chi connectivity index (χ3v) is 5.96. The first-order chi connectivity index (χ1) is 12.8. The number of amides is 1. The second-order valence-electron chi connectivity index (χ2n) is 7.32. The number of carbonyl (C=O) groups is 1. The molecular weight excluding hydrogens is 423 g/mol. The van der Waals surface area contributed by atoms with Gasteiger partial charge in [-0.1, -0.05) is 18.2 Å². The molecule has 0 N–H and O–H groups in total. The van der Waals surface area contributed by atoms with Gasteiger partial charge in [0.25, 0.3) is 0 Å². The fraction of sp³-hybridized carbons (Fsp3) is 0.474. The highest BCUT2D eigenvalue weighted by atomic mass is 79.9. The van der Waals surface area contributed by atoms with E-state index >= 15 is 0 Å². The smallest absolute Gasteiger partial charge is 0.336 e. The van der Waals surface area contributed by atoms with E-state index in [0.29, 0.717) is 5.56 Å². The van der Waals surface area contributed by atoms with E-state index in [4.69, 9.17) is 0 Å².